The third-order valence-corrected chi connectivity index (χ3v) is 4.88. The van der Waals surface area contributed by atoms with Crippen LogP contribution in [0.25, 0.3) is 17.0 Å². The van der Waals surface area contributed by atoms with E-state index in [-0.39, 0.29) is 47.6 Å². The number of rotatable bonds is 7. The van der Waals surface area contributed by atoms with Crippen molar-refractivity contribution in [3.8, 4) is 11.5 Å². The number of aromatic nitrogens is 5. The molecule has 0 unspecified atom stereocenters. The van der Waals surface area contributed by atoms with Crippen molar-refractivity contribution in [3.05, 3.63) is 59.8 Å². The summed E-state index contributed by atoms with van der Waals surface area (Å²) in [6.07, 6.45) is 0.491. The lowest BCUT2D eigenvalue weighted by Crippen LogP contribution is -2.35. The summed E-state index contributed by atoms with van der Waals surface area (Å²) in [5.41, 5.74) is 13.0. The maximum Gasteiger partial charge on any atom is 0.422 e. The van der Waals surface area contributed by atoms with E-state index in [1.165, 1.54) is 10.6 Å². The zero-order valence-corrected chi connectivity index (χ0v) is 17.6. The van der Waals surface area contributed by atoms with E-state index in [0.29, 0.717) is 16.9 Å². The fourth-order valence-electron chi connectivity index (χ4n) is 3.44. The fourth-order valence-corrected chi connectivity index (χ4v) is 3.44. The molecule has 0 atom stereocenters. The number of ether oxygens (including phenoxy) is 1. The Labute approximate surface area is 191 Å². The van der Waals surface area contributed by atoms with Crippen molar-refractivity contribution in [1.82, 2.24) is 24.6 Å². The first kappa shape index (κ1) is 22.5. The summed E-state index contributed by atoms with van der Waals surface area (Å²) in [5.74, 6) is -0.498. The van der Waals surface area contributed by atoms with Crippen molar-refractivity contribution in [1.29, 1.82) is 0 Å². The summed E-state index contributed by atoms with van der Waals surface area (Å²) in [7, 11) is 0. The number of hydrogen-bond donors (Lipinski definition) is 2. The van der Waals surface area contributed by atoms with Crippen LogP contribution in [0.1, 0.15) is 11.4 Å². The predicted molar refractivity (Wildman–Crippen MR) is 118 cm³/mol. The molecule has 4 aromatic rings. The molecule has 4 N–H and O–H groups in total. The Morgan fingerprint density at radius 3 is 2.53 bits per heavy atom. The summed E-state index contributed by atoms with van der Waals surface area (Å²) < 4.78 is 33.0. The van der Waals surface area contributed by atoms with Crippen LogP contribution in [0.2, 0.25) is 0 Å². The van der Waals surface area contributed by atoms with Gasteiger partial charge in [0.25, 0.3) is 0 Å². The molecule has 34 heavy (non-hydrogen) atoms. The molecule has 1 aromatic carbocycles. The van der Waals surface area contributed by atoms with Gasteiger partial charge in [-0.05, 0) is 23.8 Å². The molecule has 0 bridgehead atoms. The average molecular weight is 468 g/mol. The van der Waals surface area contributed by atoms with Gasteiger partial charge in [0.05, 0.1) is 12.1 Å². The van der Waals surface area contributed by atoms with Crippen LogP contribution < -0.4 is 16.4 Å². The molecular formula is C21H18F2N8O3. The Morgan fingerprint density at radius 2 is 1.85 bits per heavy atom. The van der Waals surface area contributed by atoms with Gasteiger partial charge >= 0.3 is 12.6 Å². The highest BCUT2D eigenvalue weighted by molar-refractivity contribution is 5.97. The monoisotopic (exact) mass is 468 g/mol. The number of anilines is 3. The Kier molecular flexibility index (Phi) is 6.25. The van der Waals surface area contributed by atoms with Gasteiger partial charge in [-0.1, -0.05) is 18.2 Å². The molecule has 0 aliphatic rings. The van der Waals surface area contributed by atoms with Crippen molar-refractivity contribution in [3.63, 3.8) is 0 Å². The van der Waals surface area contributed by atoms with Crippen LogP contribution in [0.5, 0.6) is 0 Å². The molecule has 3 heterocycles. The summed E-state index contributed by atoms with van der Waals surface area (Å²) in [5, 5.41) is 4.28. The molecule has 0 aliphatic heterocycles. The number of nitrogens with two attached hydrogens (primary N) is 2. The number of benzene rings is 1. The lowest BCUT2D eigenvalue weighted by Gasteiger charge is -2.21. The van der Waals surface area contributed by atoms with Crippen LogP contribution in [-0.2, 0) is 16.0 Å². The lowest BCUT2D eigenvalue weighted by molar-refractivity contribution is -0.123. The topological polar surface area (TPSA) is 155 Å². The number of nitrogens with zero attached hydrogens (tertiary/aromatic N) is 6. The van der Waals surface area contributed by atoms with Gasteiger partial charge in [0.2, 0.25) is 0 Å². The molecule has 4 rings (SSSR count). The molecule has 0 spiro atoms. The van der Waals surface area contributed by atoms with E-state index in [2.05, 4.69) is 24.8 Å². The van der Waals surface area contributed by atoms with E-state index in [1.54, 1.807) is 36.5 Å². The molecular weight excluding hydrogens is 450 g/mol. The number of imidazole rings is 1. The molecule has 0 aliphatic carbocycles. The largest absolute Gasteiger partial charge is 0.422 e. The second kappa shape index (κ2) is 9.44. The van der Waals surface area contributed by atoms with Gasteiger partial charge in [-0.15, -0.1) is 0 Å². The highest BCUT2D eigenvalue weighted by Crippen LogP contribution is 2.32. The normalized spacial score (nSPS) is 10.9. The van der Waals surface area contributed by atoms with Crippen LogP contribution in [0.3, 0.4) is 0 Å². The van der Waals surface area contributed by atoms with Gasteiger partial charge < -0.3 is 16.2 Å². The van der Waals surface area contributed by atoms with Gasteiger partial charge in [0, 0.05) is 12.6 Å². The van der Waals surface area contributed by atoms with Gasteiger partial charge in [-0.2, -0.15) is 5.10 Å². The minimum Gasteiger partial charge on any atom is -0.382 e. The third kappa shape index (κ3) is 4.18. The Balaban J connectivity index is 1.80. The van der Waals surface area contributed by atoms with E-state index >= 15 is 0 Å². The van der Waals surface area contributed by atoms with E-state index < -0.39 is 19.3 Å². The average Bonchev–Trinajstić information content (AvgIpc) is 3.18. The first-order valence-electron chi connectivity index (χ1n) is 9.91. The minimum atomic E-state index is -1.19. The number of hydrogen-bond acceptors (Lipinski definition) is 9. The number of nitrogen functional groups attached to an aromatic ring is 2. The zero-order valence-electron chi connectivity index (χ0n) is 17.6. The van der Waals surface area contributed by atoms with Crippen LogP contribution in [0.15, 0.2) is 42.6 Å². The Hall–Kier alpha value is -4.68. The maximum absolute atomic E-state index is 14.2. The van der Waals surface area contributed by atoms with Crippen molar-refractivity contribution in [2.45, 2.75) is 6.42 Å². The molecule has 174 valence electrons. The SMILES string of the molecule is Nc1nc(-c2nc(Cc3ccccc3F)n3ncccc23)nc(N)c1N(CCF)C(=O)OC=O. The number of halogens is 2. The maximum atomic E-state index is 14.2. The van der Waals surface area contributed by atoms with Crippen molar-refractivity contribution in [2.24, 2.45) is 0 Å². The van der Waals surface area contributed by atoms with Crippen LogP contribution in [-0.4, -0.2) is 50.4 Å². The quantitative estimate of drug-likeness (QED) is 0.307. The van der Waals surface area contributed by atoms with E-state index in [0.717, 1.165) is 4.90 Å². The molecule has 0 saturated carbocycles. The van der Waals surface area contributed by atoms with Crippen LogP contribution in [0.4, 0.5) is 30.9 Å². The van der Waals surface area contributed by atoms with Gasteiger partial charge in [-0.25, -0.2) is 33.0 Å². The first-order valence-corrected chi connectivity index (χ1v) is 9.91. The fraction of sp³-hybridized carbons (Fsp3) is 0.143. The van der Waals surface area contributed by atoms with E-state index in [9.17, 15) is 18.4 Å². The number of alkyl halides is 1. The molecule has 13 heteroatoms. The van der Waals surface area contributed by atoms with Crippen LogP contribution >= 0.6 is 0 Å². The van der Waals surface area contributed by atoms with Gasteiger partial charge in [0.15, 0.2) is 17.5 Å². The van der Waals surface area contributed by atoms with Crippen LogP contribution in [0, 0.1) is 5.82 Å². The minimum absolute atomic E-state index is 0.00740. The molecule has 0 radical (unpaired) electrons. The lowest BCUT2D eigenvalue weighted by atomic mass is 10.1. The second-order valence-electron chi connectivity index (χ2n) is 6.95. The zero-order chi connectivity index (χ0) is 24.2. The van der Waals surface area contributed by atoms with Crippen molar-refractivity contribution >= 4 is 35.4 Å². The summed E-state index contributed by atoms with van der Waals surface area (Å²) in [6.45, 7) is -1.56. The molecule has 3 aromatic heterocycles. The Bertz CT molecular complexity index is 1350. The van der Waals surface area contributed by atoms with E-state index in [1.807, 2.05) is 0 Å². The summed E-state index contributed by atoms with van der Waals surface area (Å²) >= 11 is 0. The number of fused-ring (bicyclic) bond motifs is 1. The van der Waals surface area contributed by atoms with Gasteiger partial charge in [0.1, 0.15) is 29.7 Å². The number of carbonyl (C=O) groups is 2. The van der Waals surface area contributed by atoms with Gasteiger partial charge in [-0.3, -0.25) is 9.69 Å². The first-order chi connectivity index (χ1) is 16.4. The predicted octanol–water partition coefficient (Wildman–Crippen LogP) is 2.15. The highest BCUT2D eigenvalue weighted by Gasteiger charge is 2.26. The van der Waals surface area contributed by atoms with Crippen molar-refractivity contribution < 1.29 is 23.1 Å². The summed E-state index contributed by atoms with van der Waals surface area (Å²) in [6, 6.07) is 9.67. The molecule has 11 nitrogen and oxygen atoms in total. The smallest absolute Gasteiger partial charge is 0.382 e. The molecule has 0 saturated heterocycles. The van der Waals surface area contributed by atoms with E-state index in [4.69, 9.17) is 11.5 Å². The highest BCUT2D eigenvalue weighted by atomic mass is 19.1. The second-order valence-corrected chi connectivity index (χ2v) is 6.95. The molecule has 1 amide bonds. The number of amides is 1. The summed E-state index contributed by atoms with van der Waals surface area (Å²) in [4.78, 5) is 36.2. The molecule has 0 fully saturated rings. The third-order valence-electron chi connectivity index (χ3n) is 4.88. The van der Waals surface area contributed by atoms with Crippen molar-refractivity contribution in [2.75, 3.05) is 29.6 Å². The Morgan fingerprint density at radius 1 is 1.12 bits per heavy atom. The number of carbonyl (C=O) groups excluding carboxylic acids is 2. The standard InChI is InChI=1S/C21H18F2N8O3/c22-7-9-30(21(33)34-11-32)17-18(24)28-20(29-19(17)25)16-14-6-3-8-26-31(14)15(27-16)10-12-4-1-2-5-13(12)23/h1-6,8,11H,7,9-10H2,(H4,24,25,28,29).